The van der Waals surface area contributed by atoms with Crippen molar-refractivity contribution in [2.24, 2.45) is 0 Å². The van der Waals surface area contributed by atoms with Gasteiger partial charge in [-0.15, -0.1) is 0 Å². The van der Waals surface area contributed by atoms with E-state index in [1.165, 1.54) is 24.0 Å². The maximum Gasteiger partial charge on any atom is 0.220 e. The Morgan fingerprint density at radius 1 is 1.33 bits per heavy atom. The lowest BCUT2D eigenvalue weighted by molar-refractivity contribution is -0.121. The van der Waals surface area contributed by atoms with Crippen molar-refractivity contribution in [1.29, 1.82) is 0 Å². The molecule has 1 fully saturated rings. The fourth-order valence-corrected chi connectivity index (χ4v) is 3.09. The summed E-state index contributed by atoms with van der Waals surface area (Å²) in [5.74, 6) is 0.173. The highest BCUT2D eigenvalue weighted by molar-refractivity contribution is 9.09. The van der Waals surface area contributed by atoms with Crippen LogP contribution in [0.15, 0.2) is 24.3 Å². The Balaban J connectivity index is 1.76. The van der Waals surface area contributed by atoms with Crippen molar-refractivity contribution in [2.45, 2.75) is 49.9 Å². The monoisotopic (exact) mass is 309 g/mol. The lowest BCUT2D eigenvalue weighted by atomic mass is 10.1. The minimum atomic E-state index is 0.173. The second-order valence-corrected chi connectivity index (χ2v) is 6.28. The van der Waals surface area contributed by atoms with E-state index in [9.17, 15) is 4.79 Å². The molecule has 0 radical (unpaired) electrons. The molecule has 1 amide bonds. The summed E-state index contributed by atoms with van der Waals surface area (Å²) in [6.07, 6.45) is 4.89. The summed E-state index contributed by atoms with van der Waals surface area (Å²) in [5, 5.41) is 3.12. The molecule has 0 aliphatic heterocycles. The lowest BCUT2D eigenvalue weighted by Gasteiger charge is -2.16. The van der Waals surface area contributed by atoms with Crippen molar-refractivity contribution >= 4 is 21.8 Å². The Hall–Kier alpha value is -0.830. The van der Waals surface area contributed by atoms with Crippen molar-refractivity contribution in [1.82, 2.24) is 5.32 Å². The molecule has 0 spiro atoms. The molecule has 1 aromatic rings. The molecule has 1 saturated carbocycles. The number of halogens is 1. The Bertz CT molecular complexity index is 401. The molecule has 0 heterocycles. The number of benzene rings is 1. The molecule has 2 nitrogen and oxygen atoms in total. The number of amides is 1. The third-order valence-corrected chi connectivity index (χ3v) is 4.64. The van der Waals surface area contributed by atoms with E-state index in [0.29, 0.717) is 17.3 Å². The van der Waals surface area contributed by atoms with Gasteiger partial charge < -0.3 is 5.32 Å². The first-order chi connectivity index (χ1) is 8.65. The molecule has 1 aliphatic carbocycles. The summed E-state index contributed by atoms with van der Waals surface area (Å²) in [5.41, 5.74) is 2.49. The zero-order chi connectivity index (χ0) is 13.0. The molecule has 2 rings (SSSR count). The van der Waals surface area contributed by atoms with E-state index in [1.807, 2.05) is 0 Å². The van der Waals surface area contributed by atoms with E-state index < -0.39 is 0 Å². The molecule has 18 heavy (non-hydrogen) atoms. The molecule has 1 aromatic carbocycles. The van der Waals surface area contributed by atoms with E-state index in [-0.39, 0.29) is 5.91 Å². The summed E-state index contributed by atoms with van der Waals surface area (Å²) in [6.45, 7) is 2.08. The number of carbonyl (C=O) groups is 1. The van der Waals surface area contributed by atoms with Crippen LogP contribution in [0.2, 0.25) is 0 Å². The van der Waals surface area contributed by atoms with Crippen molar-refractivity contribution in [3.05, 3.63) is 35.4 Å². The Morgan fingerprint density at radius 3 is 2.67 bits per heavy atom. The molecule has 1 N–H and O–H groups in total. The highest BCUT2D eigenvalue weighted by Gasteiger charge is 2.25. The average Bonchev–Trinajstić information content (AvgIpc) is 2.74. The summed E-state index contributed by atoms with van der Waals surface area (Å²) < 4.78 is 0. The van der Waals surface area contributed by atoms with Crippen LogP contribution in [0.3, 0.4) is 0 Å². The van der Waals surface area contributed by atoms with Crippen LogP contribution in [0.4, 0.5) is 0 Å². The normalized spacial score (nSPS) is 23.0. The van der Waals surface area contributed by atoms with Gasteiger partial charge in [-0.05, 0) is 31.7 Å². The molecule has 0 bridgehead atoms. The van der Waals surface area contributed by atoms with Crippen LogP contribution in [-0.2, 0) is 11.2 Å². The first-order valence-electron chi connectivity index (χ1n) is 6.64. The number of aryl methyl sites for hydroxylation is 2. The van der Waals surface area contributed by atoms with E-state index in [2.05, 4.69) is 52.4 Å². The molecule has 1 aliphatic rings. The van der Waals surface area contributed by atoms with E-state index >= 15 is 0 Å². The first-order valence-corrected chi connectivity index (χ1v) is 7.55. The van der Waals surface area contributed by atoms with Crippen LogP contribution in [0.1, 0.15) is 36.8 Å². The molecular formula is C15H20BrNO. The van der Waals surface area contributed by atoms with Gasteiger partial charge >= 0.3 is 0 Å². The Kier molecular flexibility index (Phi) is 4.81. The van der Waals surface area contributed by atoms with Gasteiger partial charge in [0.05, 0.1) is 0 Å². The summed E-state index contributed by atoms with van der Waals surface area (Å²) in [7, 11) is 0. The van der Waals surface area contributed by atoms with Gasteiger partial charge in [0.1, 0.15) is 0 Å². The van der Waals surface area contributed by atoms with Gasteiger partial charge in [0, 0.05) is 17.3 Å². The predicted octanol–water partition coefficient (Wildman–Crippen LogP) is 3.36. The minimum absolute atomic E-state index is 0.173. The maximum atomic E-state index is 11.9. The van der Waals surface area contributed by atoms with Crippen molar-refractivity contribution in [3.8, 4) is 0 Å². The standard InChI is InChI=1S/C15H20BrNO/c1-11-5-7-12(8-6-11)9-10-15(18)17-14-4-2-3-13(14)16/h5-8,13-14H,2-4,9-10H2,1H3,(H,17,18). The second-order valence-electron chi connectivity index (χ2n) is 5.11. The van der Waals surface area contributed by atoms with Gasteiger partial charge in [0.2, 0.25) is 5.91 Å². The smallest absolute Gasteiger partial charge is 0.220 e. The third-order valence-electron chi connectivity index (χ3n) is 3.54. The van der Waals surface area contributed by atoms with Crippen LogP contribution >= 0.6 is 15.9 Å². The number of hydrogen-bond acceptors (Lipinski definition) is 1. The van der Waals surface area contributed by atoms with E-state index in [0.717, 1.165) is 12.8 Å². The SMILES string of the molecule is Cc1ccc(CCC(=O)NC2CCCC2Br)cc1. The van der Waals surface area contributed by atoms with Gasteiger partial charge in [-0.3, -0.25) is 4.79 Å². The number of rotatable bonds is 4. The molecule has 3 heteroatoms. The summed E-state index contributed by atoms with van der Waals surface area (Å²) >= 11 is 3.62. The Labute approximate surface area is 117 Å². The second kappa shape index (κ2) is 6.37. The number of carbonyl (C=O) groups excluding carboxylic acids is 1. The number of alkyl halides is 1. The van der Waals surface area contributed by atoms with Crippen LogP contribution in [0, 0.1) is 6.92 Å². The quantitative estimate of drug-likeness (QED) is 0.849. The first kappa shape index (κ1) is 13.6. The van der Waals surface area contributed by atoms with Crippen LogP contribution in [0.25, 0.3) is 0 Å². The van der Waals surface area contributed by atoms with Crippen LogP contribution < -0.4 is 5.32 Å². The highest BCUT2D eigenvalue weighted by Crippen LogP contribution is 2.25. The molecule has 98 valence electrons. The van der Waals surface area contributed by atoms with Gasteiger partial charge in [0.25, 0.3) is 0 Å². The minimum Gasteiger partial charge on any atom is -0.352 e. The highest BCUT2D eigenvalue weighted by atomic mass is 79.9. The van der Waals surface area contributed by atoms with Gasteiger partial charge in [-0.1, -0.05) is 52.2 Å². The molecular weight excluding hydrogens is 290 g/mol. The zero-order valence-electron chi connectivity index (χ0n) is 10.8. The lowest BCUT2D eigenvalue weighted by Crippen LogP contribution is -2.37. The maximum absolute atomic E-state index is 11.9. The van der Waals surface area contributed by atoms with Gasteiger partial charge in [-0.25, -0.2) is 0 Å². The zero-order valence-corrected chi connectivity index (χ0v) is 12.4. The van der Waals surface area contributed by atoms with Crippen LogP contribution in [0.5, 0.6) is 0 Å². The van der Waals surface area contributed by atoms with E-state index in [4.69, 9.17) is 0 Å². The third kappa shape index (κ3) is 3.84. The van der Waals surface area contributed by atoms with Crippen LogP contribution in [-0.4, -0.2) is 16.8 Å². The molecule has 2 unspecified atom stereocenters. The fourth-order valence-electron chi connectivity index (χ4n) is 2.37. The number of nitrogens with one attached hydrogen (secondary N) is 1. The van der Waals surface area contributed by atoms with E-state index in [1.54, 1.807) is 0 Å². The summed E-state index contributed by atoms with van der Waals surface area (Å²) in [4.78, 5) is 12.3. The average molecular weight is 310 g/mol. The van der Waals surface area contributed by atoms with Gasteiger partial charge in [-0.2, -0.15) is 0 Å². The fraction of sp³-hybridized carbons (Fsp3) is 0.533. The van der Waals surface area contributed by atoms with Crippen molar-refractivity contribution in [2.75, 3.05) is 0 Å². The molecule has 2 atom stereocenters. The molecule has 0 saturated heterocycles. The largest absolute Gasteiger partial charge is 0.352 e. The predicted molar refractivity (Wildman–Crippen MR) is 78.0 cm³/mol. The van der Waals surface area contributed by atoms with Crippen molar-refractivity contribution < 1.29 is 4.79 Å². The molecule has 0 aromatic heterocycles. The number of hydrogen-bond donors (Lipinski definition) is 1. The van der Waals surface area contributed by atoms with Gasteiger partial charge in [0.15, 0.2) is 0 Å². The van der Waals surface area contributed by atoms with Crippen molar-refractivity contribution in [3.63, 3.8) is 0 Å². The Morgan fingerprint density at radius 2 is 2.06 bits per heavy atom. The summed E-state index contributed by atoms with van der Waals surface area (Å²) in [6, 6.07) is 8.73. The topological polar surface area (TPSA) is 29.1 Å².